The summed E-state index contributed by atoms with van der Waals surface area (Å²) in [4.78, 5) is 4.69. The lowest BCUT2D eigenvalue weighted by atomic mass is 10.1. The van der Waals surface area contributed by atoms with Gasteiger partial charge in [0, 0.05) is 38.1 Å². The third-order valence-electron chi connectivity index (χ3n) is 3.66. The Labute approximate surface area is 111 Å². The van der Waals surface area contributed by atoms with Crippen molar-refractivity contribution in [3.8, 4) is 0 Å². The van der Waals surface area contributed by atoms with Crippen molar-refractivity contribution in [1.29, 1.82) is 5.41 Å². The Morgan fingerprint density at radius 3 is 2.72 bits per heavy atom. The molecule has 0 aliphatic carbocycles. The van der Waals surface area contributed by atoms with E-state index in [0.29, 0.717) is 18.5 Å². The fraction of sp³-hybridized carbons (Fsp3) is 0.923. The third-order valence-corrected chi connectivity index (χ3v) is 3.66. The second-order valence-electron chi connectivity index (χ2n) is 5.60. The fourth-order valence-corrected chi connectivity index (χ4v) is 2.30. The largest absolute Gasteiger partial charge is 0.388 e. The molecule has 2 unspecified atom stereocenters. The number of nitrogens with two attached hydrogens (primary N) is 1. The smallest absolute Gasteiger partial charge is 0.0920 e. The van der Waals surface area contributed by atoms with E-state index in [2.05, 4.69) is 37.6 Å². The lowest BCUT2D eigenvalue weighted by Crippen LogP contribution is -2.50. The number of hydrogen-bond acceptors (Lipinski definition) is 4. The number of likely N-dealkylation sites (N-methyl/N-ethyl adjacent to an activating group) is 1. The number of hydrogen-bond donors (Lipinski definition) is 2. The molecular formula is C13H28N4O. The van der Waals surface area contributed by atoms with Gasteiger partial charge in [0.25, 0.3) is 0 Å². The van der Waals surface area contributed by atoms with E-state index in [4.69, 9.17) is 15.9 Å². The number of nitrogens with one attached hydrogen (secondary N) is 1. The summed E-state index contributed by atoms with van der Waals surface area (Å²) in [6.07, 6.45) is 0.887. The van der Waals surface area contributed by atoms with Crippen LogP contribution >= 0.6 is 0 Å². The van der Waals surface area contributed by atoms with Crippen LogP contribution in [0.1, 0.15) is 27.2 Å². The van der Waals surface area contributed by atoms with Gasteiger partial charge in [-0.25, -0.2) is 0 Å². The minimum Gasteiger partial charge on any atom is -0.388 e. The van der Waals surface area contributed by atoms with Gasteiger partial charge in [0.1, 0.15) is 0 Å². The molecule has 0 aromatic rings. The molecule has 0 amide bonds. The van der Waals surface area contributed by atoms with Crippen molar-refractivity contribution < 1.29 is 4.74 Å². The van der Waals surface area contributed by atoms with Crippen molar-refractivity contribution in [3.63, 3.8) is 0 Å². The molecule has 0 saturated carbocycles. The van der Waals surface area contributed by atoms with E-state index in [1.807, 2.05) is 0 Å². The highest BCUT2D eigenvalue weighted by Gasteiger charge is 2.24. The molecule has 0 radical (unpaired) electrons. The topological polar surface area (TPSA) is 65.6 Å². The predicted molar refractivity (Wildman–Crippen MR) is 75.1 cm³/mol. The number of ether oxygens (including phenoxy) is 1. The molecule has 1 aliphatic rings. The summed E-state index contributed by atoms with van der Waals surface area (Å²) in [5.74, 6) is 0.253. The molecule has 106 valence electrons. The van der Waals surface area contributed by atoms with Gasteiger partial charge >= 0.3 is 0 Å². The monoisotopic (exact) mass is 256 g/mol. The summed E-state index contributed by atoms with van der Waals surface area (Å²) in [6, 6.07) is 0.872. The molecule has 5 nitrogen and oxygen atoms in total. The van der Waals surface area contributed by atoms with Gasteiger partial charge in [0.2, 0.25) is 0 Å². The normalized spacial score (nSPS) is 23.6. The van der Waals surface area contributed by atoms with Crippen LogP contribution in [-0.2, 0) is 4.74 Å². The quantitative estimate of drug-likeness (QED) is 0.543. The molecule has 5 heteroatoms. The minimum atomic E-state index is 0.253. The fourth-order valence-electron chi connectivity index (χ4n) is 2.30. The van der Waals surface area contributed by atoms with Crippen molar-refractivity contribution in [2.24, 2.45) is 5.73 Å². The van der Waals surface area contributed by atoms with E-state index >= 15 is 0 Å². The predicted octanol–water partition coefficient (Wildman–Crippen LogP) is 0.742. The zero-order chi connectivity index (χ0) is 13.7. The summed E-state index contributed by atoms with van der Waals surface area (Å²) in [6.45, 7) is 10.3. The van der Waals surface area contributed by atoms with E-state index in [-0.39, 0.29) is 11.9 Å². The average molecular weight is 256 g/mol. The first-order valence-corrected chi connectivity index (χ1v) is 6.79. The standard InChI is InChI=1S/C13H28N4O/c1-10(2)17-5-6-18-12(9-17)8-16(4)11(3)7-13(14)15/h10-12H,5-9H2,1-4H3,(H3,14,15). The summed E-state index contributed by atoms with van der Waals surface area (Å²) in [7, 11) is 2.07. The van der Waals surface area contributed by atoms with Crippen molar-refractivity contribution in [1.82, 2.24) is 9.80 Å². The highest BCUT2D eigenvalue weighted by atomic mass is 16.5. The van der Waals surface area contributed by atoms with Crippen molar-refractivity contribution in [2.45, 2.75) is 45.4 Å². The van der Waals surface area contributed by atoms with E-state index in [9.17, 15) is 0 Å². The molecule has 1 aliphatic heterocycles. The maximum Gasteiger partial charge on any atom is 0.0920 e. The van der Waals surface area contributed by atoms with Gasteiger partial charge < -0.3 is 15.4 Å². The maximum atomic E-state index is 7.34. The maximum absolute atomic E-state index is 7.34. The minimum absolute atomic E-state index is 0.253. The van der Waals surface area contributed by atoms with Gasteiger partial charge in [-0.05, 0) is 27.8 Å². The first-order valence-electron chi connectivity index (χ1n) is 6.79. The Morgan fingerprint density at radius 2 is 2.17 bits per heavy atom. The number of amidine groups is 1. The molecule has 1 fully saturated rings. The number of rotatable bonds is 6. The molecule has 1 rings (SSSR count). The Bertz CT molecular complexity index is 270. The lowest BCUT2D eigenvalue weighted by Gasteiger charge is -2.38. The van der Waals surface area contributed by atoms with Crippen LogP contribution in [0, 0.1) is 5.41 Å². The summed E-state index contributed by atoms with van der Waals surface area (Å²) in [5, 5.41) is 7.34. The summed E-state index contributed by atoms with van der Waals surface area (Å²) in [5.41, 5.74) is 5.44. The lowest BCUT2D eigenvalue weighted by molar-refractivity contribution is -0.0526. The highest BCUT2D eigenvalue weighted by Crippen LogP contribution is 2.11. The third kappa shape index (κ3) is 4.92. The molecular weight excluding hydrogens is 228 g/mol. The molecule has 0 spiro atoms. The molecule has 2 atom stereocenters. The molecule has 0 aromatic carbocycles. The van der Waals surface area contributed by atoms with Crippen LogP contribution in [0.4, 0.5) is 0 Å². The van der Waals surface area contributed by atoms with Crippen molar-refractivity contribution in [2.75, 3.05) is 33.3 Å². The van der Waals surface area contributed by atoms with E-state index in [1.54, 1.807) is 0 Å². The molecule has 3 N–H and O–H groups in total. The van der Waals surface area contributed by atoms with Crippen LogP contribution in [0.2, 0.25) is 0 Å². The highest BCUT2D eigenvalue weighted by molar-refractivity contribution is 5.77. The Balaban J connectivity index is 2.39. The Hall–Kier alpha value is -0.650. The Kier molecular flexibility index (Phi) is 6.05. The van der Waals surface area contributed by atoms with Crippen molar-refractivity contribution in [3.05, 3.63) is 0 Å². The van der Waals surface area contributed by atoms with Gasteiger partial charge in [-0.15, -0.1) is 0 Å². The van der Waals surface area contributed by atoms with Crippen LogP contribution in [0.15, 0.2) is 0 Å². The summed E-state index contributed by atoms with van der Waals surface area (Å²) >= 11 is 0. The molecule has 0 aromatic heterocycles. The second-order valence-corrected chi connectivity index (χ2v) is 5.60. The van der Waals surface area contributed by atoms with Gasteiger partial charge in [0.15, 0.2) is 0 Å². The van der Waals surface area contributed by atoms with Crippen LogP contribution < -0.4 is 5.73 Å². The zero-order valence-corrected chi connectivity index (χ0v) is 12.1. The van der Waals surface area contributed by atoms with Crippen molar-refractivity contribution >= 4 is 5.84 Å². The van der Waals surface area contributed by atoms with Crippen LogP contribution in [0.25, 0.3) is 0 Å². The summed E-state index contributed by atoms with van der Waals surface area (Å²) < 4.78 is 5.82. The average Bonchev–Trinajstić information content (AvgIpc) is 2.28. The Morgan fingerprint density at radius 1 is 1.50 bits per heavy atom. The first-order chi connectivity index (χ1) is 8.40. The van der Waals surface area contributed by atoms with E-state index < -0.39 is 0 Å². The van der Waals surface area contributed by atoms with Gasteiger partial charge in [-0.1, -0.05) is 0 Å². The molecule has 0 bridgehead atoms. The molecule has 1 saturated heterocycles. The van der Waals surface area contributed by atoms with E-state index in [1.165, 1.54) is 0 Å². The number of nitrogens with zero attached hydrogens (tertiary/aromatic N) is 2. The molecule has 18 heavy (non-hydrogen) atoms. The SMILES string of the molecule is CC(CC(=N)N)N(C)CC1CN(C(C)C)CCO1. The van der Waals surface area contributed by atoms with Gasteiger partial charge in [-0.3, -0.25) is 10.3 Å². The van der Waals surface area contributed by atoms with E-state index in [0.717, 1.165) is 26.2 Å². The van der Waals surface area contributed by atoms with Gasteiger partial charge in [-0.2, -0.15) is 0 Å². The first kappa shape index (κ1) is 15.4. The zero-order valence-electron chi connectivity index (χ0n) is 12.1. The molecule has 1 heterocycles. The van der Waals surface area contributed by atoms with Crippen LogP contribution in [-0.4, -0.2) is 67.1 Å². The van der Waals surface area contributed by atoms with Gasteiger partial charge in [0.05, 0.1) is 18.5 Å². The van der Waals surface area contributed by atoms with Crippen LogP contribution in [0.5, 0.6) is 0 Å². The van der Waals surface area contributed by atoms with Crippen LogP contribution in [0.3, 0.4) is 0 Å². The second kappa shape index (κ2) is 7.07. The number of morpholine rings is 1.